The van der Waals surface area contributed by atoms with Crippen LogP contribution >= 0.6 is 0 Å². The molecule has 308 valence electrons. The fourth-order valence-electron chi connectivity index (χ4n) is 6.94. The molecule has 1 aromatic heterocycles. The van der Waals surface area contributed by atoms with Gasteiger partial charge in [-0.05, 0) is 31.8 Å². The number of hydrogen-bond acceptors (Lipinski definition) is 13. The van der Waals surface area contributed by atoms with Gasteiger partial charge >= 0.3 is 11.7 Å². The summed E-state index contributed by atoms with van der Waals surface area (Å²) in [5, 5.41) is 26.6. The number of amides is 3. The van der Waals surface area contributed by atoms with Gasteiger partial charge in [-0.2, -0.15) is 0 Å². The van der Waals surface area contributed by atoms with Crippen molar-refractivity contribution in [2.75, 3.05) is 13.7 Å². The number of esters is 1. The lowest BCUT2D eigenvalue weighted by atomic mass is 10.0. The summed E-state index contributed by atoms with van der Waals surface area (Å²) in [6.45, 7) is 2.66. The fraction of sp³-hybridized carbons (Fsp3) is 0.730. The van der Waals surface area contributed by atoms with Crippen molar-refractivity contribution < 1.29 is 53.1 Å². The number of unbranched alkanes of at least 4 members (excludes halogenated alkanes) is 10. The maximum absolute atomic E-state index is 13.2. The van der Waals surface area contributed by atoms with Crippen LogP contribution in [0.4, 0.5) is 0 Å². The maximum atomic E-state index is 13.2. The molecular weight excluding hydrogens is 722 g/mol. The molecule has 4 rings (SSSR count). The first-order chi connectivity index (χ1) is 26.4. The lowest BCUT2D eigenvalue weighted by molar-refractivity contribution is -0.241. The van der Waals surface area contributed by atoms with Crippen molar-refractivity contribution in [1.29, 1.82) is 0 Å². The third kappa shape index (κ3) is 12.4. The zero-order valence-corrected chi connectivity index (χ0v) is 31.7. The number of methoxy groups -OCH3 is 1. The third-order valence-electron chi connectivity index (χ3n) is 9.99. The minimum atomic E-state index is -1.88. The number of hydrogen-bond donors (Lipinski definition) is 6. The van der Waals surface area contributed by atoms with E-state index in [0.717, 1.165) is 55.0 Å². The Morgan fingerprint density at radius 2 is 1.67 bits per heavy atom. The van der Waals surface area contributed by atoms with Crippen LogP contribution in [-0.4, -0.2) is 106 Å². The molecule has 18 heteroatoms. The van der Waals surface area contributed by atoms with E-state index in [9.17, 15) is 39.0 Å². The number of ether oxygens (including phenoxy) is 5. The molecule has 0 spiro atoms. The standard InChI is InChI=1S/C37H57N5O13/c1-3-4-5-6-7-8-9-10-11-12-13-17-26(45)53-31-28(51-2)29(54-35(31)42-20-18-25(44)41-37(42)50)30(32(38)47)55-36-27(46)23(43)21-24(52-36)34(49)40-22-16-14-15-19-39-33(22)48/h18,20-23,27-31,35-36,43,46H,3-17,19H2,1-2H3,(H2,38,47)(H,39,48)(H,40,49)(H,41,44,50). The molecule has 0 saturated carbocycles. The molecule has 0 bridgehead atoms. The first-order valence-electron chi connectivity index (χ1n) is 19.4. The number of carbonyl (C=O) groups is 4. The molecule has 18 nitrogen and oxygen atoms in total. The Kier molecular flexibility index (Phi) is 17.3. The van der Waals surface area contributed by atoms with E-state index in [2.05, 4.69) is 22.5 Å². The van der Waals surface area contributed by atoms with E-state index in [1.54, 1.807) is 0 Å². The van der Waals surface area contributed by atoms with Crippen molar-refractivity contribution in [2.24, 2.45) is 5.73 Å². The third-order valence-corrected chi connectivity index (χ3v) is 9.99. The zero-order valence-electron chi connectivity index (χ0n) is 31.7. The average Bonchev–Trinajstić information content (AvgIpc) is 3.36. The second-order valence-electron chi connectivity index (χ2n) is 14.2. The number of aromatic amines is 1. The van der Waals surface area contributed by atoms with E-state index in [1.165, 1.54) is 45.6 Å². The summed E-state index contributed by atoms with van der Waals surface area (Å²) in [5.74, 6) is -3.55. The number of rotatable bonds is 21. The van der Waals surface area contributed by atoms with Gasteiger partial charge in [-0.3, -0.25) is 33.5 Å². The molecule has 0 radical (unpaired) electrons. The summed E-state index contributed by atoms with van der Waals surface area (Å²) < 4.78 is 29.9. The number of nitrogens with two attached hydrogens (primary N) is 1. The van der Waals surface area contributed by atoms with Crippen LogP contribution in [0.2, 0.25) is 0 Å². The second kappa shape index (κ2) is 21.8. The Morgan fingerprint density at radius 1 is 1.00 bits per heavy atom. The molecule has 0 aromatic carbocycles. The second-order valence-corrected chi connectivity index (χ2v) is 14.2. The van der Waals surface area contributed by atoms with Gasteiger partial charge < -0.3 is 50.3 Å². The summed E-state index contributed by atoms with van der Waals surface area (Å²) in [5.41, 5.74) is 4.14. The first-order valence-corrected chi connectivity index (χ1v) is 19.4. The van der Waals surface area contributed by atoms with Crippen molar-refractivity contribution in [3.63, 3.8) is 0 Å². The van der Waals surface area contributed by atoms with Gasteiger partial charge in [-0.15, -0.1) is 0 Å². The number of nitrogens with one attached hydrogen (secondary N) is 3. The molecule has 3 aliphatic heterocycles. The van der Waals surface area contributed by atoms with Crippen LogP contribution < -0.4 is 27.6 Å². The Labute approximate surface area is 319 Å². The van der Waals surface area contributed by atoms with Crippen molar-refractivity contribution in [3.05, 3.63) is 44.9 Å². The Hall–Kier alpha value is -4.10. The molecule has 2 fully saturated rings. The molecule has 9 atom stereocenters. The van der Waals surface area contributed by atoms with Gasteiger partial charge in [0, 0.05) is 32.3 Å². The van der Waals surface area contributed by atoms with Crippen LogP contribution in [0, 0.1) is 0 Å². The Morgan fingerprint density at radius 3 is 2.31 bits per heavy atom. The fourth-order valence-corrected chi connectivity index (χ4v) is 6.94. The van der Waals surface area contributed by atoms with Crippen LogP contribution in [-0.2, 0) is 42.9 Å². The highest BCUT2D eigenvalue weighted by molar-refractivity contribution is 5.95. The predicted molar refractivity (Wildman–Crippen MR) is 195 cm³/mol. The number of carbonyl (C=O) groups excluding carboxylic acids is 4. The molecule has 2 saturated heterocycles. The van der Waals surface area contributed by atoms with Crippen LogP contribution in [0.15, 0.2) is 33.7 Å². The van der Waals surface area contributed by atoms with Crippen LogP contribution in [0.25, 0.3) is 0 Å². The van der Waals surface area contributed by atoms with Gasteiger partial charge in [0.05, 0.1) is 0 Å². The van der Waals surface area contributed by atoms with E-state index in [4.69, 9.17) is 29.4 Å². The van der Waals surface area contributed by atoms with E-state index in [-0.39, 0.29) is 6.42 Å². The van der Waals surface area contributed by atoms with Crippen molar-refractivity contribution in [3.8, 4) is 0 Å². The summed E-state index contributed by atoms with van der Waals surface area (Å²) in [6.07, 6.45) is 2.93. The summed E-state index contributed by atoms with van der Waals surface area (Å²) in [7, 11) is 1.24. The van der Waals surface area contributed by atoms with E-state index in [0.29, 0.717) is 25.8 Å². The highest BCUT2D eigenvalue weighted by atomic mass is 16.7. The number of aliphatic hydroxyl groups excluding tert-OH is 2. The Balaban J connectivity index is 1.44. The predicted octanol–water partition coefficient (Wildman–Crippen LogP) is 0.679. The number of H-pyrrole nitrogens is 1. The normalized spacial score (nSPS) is 27.3. The highest BCUT2D eigenvalue weighted by Crippen LogP contribution is 2.36. The molecule has 4 heterocycles. The molecule has 3 aliphatic rings. The summed E-state index contributed by atoms with van der Waals surface area (Å²) in [6, 6.07) is 0.176. The monoisotopic (exact) mass is 779 g/mol. The number of aliphatic hydroxyl groups is 2. The van der Waals surface area contributed by atoms with Gasteiger partial charge in [0.15, 0.2) is 24.2 Å². The first kappa shape index (κ1) is 43.6. The van der Waals surface area contributed by atoms with Crippen LogP contribution in [0.1, 0.15) is 109 Å². The van der Waals surface area contributed by atoms with Crippen LogP contribution in [0.3, 0.4) is 0 Å². The van der Waals surface area contributed by atoms with Crippen molar-refractivity contribution in [1.82, 2.24) is 20.2 Å². The number of nitrogens with zero attached hydrogens (tertiary/aromatic N) is 1. The lowest BCUT2D eigenvalue weighted by Gasteiger charge is -2.35. The van der Waals surface area contributed by atoms with E-state index in [1.807, 2.05) is 0 Å². The van der Waals surface area contributed by atoms with Gasteiger partial charge in [0.2, 0.25) is 18.1 Å². The minimum Gasteiger partial charge on any atom is -0.456 e. The van der Waals surface area contributed by atoms with Gasteiger partial charge in [-0.25, -0.2) is 4.79 Å². The molecule has 1 aromatic rings. The van der Waals surface area contributed by atoms with Crippen LogP contribution in [0.5, 0.6) is 0 Å². The molecular formula is C37H57N5O13. The summed E-state index contributed by atoms with van der Waals surface area (Å²) in [4.78, 5) is 78.5. The molecule has 7 N–H and O–H groups in total. The SMILES string of the molecule is CCCCCCCCCCCCCC(=O)OC1C(OC)C(C(OC2OC(C(=O)NC3CCCCNC3=O)=CC(O)C2O)C(N)=O)OC1n1ccc(=O)[nH]c1=O. The largest absolute Gasteiger partial charge is 0.456 e. The van der Waals surface area contributed by atoms with E-state index >= 15 is 0 Å². The maximum Gasteiger partial charge on any atom is 0.330 e. The Bertz CT molecular complexity index is 1580. The van der Waals surface area contributed by atoms with Crippen molar-refractivity contribution in [2.45, 2.75) is 158 Å². The molecule has 55 heavy (non-hydrogen) atoms. The van der Waals surface area contributed by atoms with Gasteiger partial charge in [0.25, 0.3) is 11.5 Å². The van der Waals surface area contributed by atoms with Crippen molar-refractivity contribution >= 4 is 23.7 Å². The smallest absolute Gasteiger partial charge is 0.330 e. The topological polar surface area (TPSA) is 260 Å². The number of aromatic nitrogens is 2. The van der Waals surface area contributed by atoms with Gasteiger partial charge in [0.1, 0.15) is 30.5 Å². The highest BCUT2D eigenvalue weighted by Gasteiger charge is 2.54. The zero-order chi connectivity index (χ0) is 39.9. The number of primary amides is 1. The average molecular weight is 780 g/mol. The molecule has 3 amide bonds. The minimum absolute atomic E-state index is 0.0529. The lowest BCUT2D eigenvalue weighted by Crippen LogP contribution is -2.54. The quantitative estimate of drug-likeness (QED) is 0.0742. The molecule has 0 aliphatic carbocycles. The molecule has 9 unspecified atom stereocenters. The van der Waals surface area contributed by atoms with E-state index < -0.39 is 95.9 Å². The summed E-state index contributed by atoms with van der Waals surface area (Å²) >= 11 is 0. The van der Waals surface area contributed by atoms with Gasteiger partial charge in [-0.1, -0.05) is 71.1 Å².